The molecule has 2 amide bonds. The van der Waals surface area contributed by atoms with Crippen LogP contribution in [0.3, 0.4) is 0 Å². The molecule has 0 atom stereocenters. The van der Waals surface area contributed by atoms with E-state index in [0.717, 1.165) is 12.8 Å². The topological polar surface area (TPSA) is 116 Å². The van der Waals surface area contributed by atoms with Crippen LogP contribution in [0.4, 0.5) is 10.5 Å². The minimum absolute atomic E-state index is 0.0149. The second kappa shape index (κ2) is 8.30. The first-order valence-electron chi connectivity index (χ1n) is 8.16. The van der Waals surface area contributed by atoms with Gasteiger partial charge in [-0.25, -0.2) is 13.2 Å². The Hall–Kier alpha value is -2.13. The molecule has 1 fully saturated rings. The van der Waals surface area contributed by atoms with Gasteiger partial charge in [0.1, 0.15) is 0 Å². The van der Waals surface area contributed by atoms with Crippen LogP contribution in [0, 0.1) is 5.92 Å². The molecule has 1 heterocycles. The number of nitrogens with one attached hydrogen (secondary N) is 2. The zero-order valence-electron chi connectivity index (χ0n) is 14.1. The molecule has 0 bridgehead atoms. The number of hydrogen-bond acceptors (Lipinski definition) is 4. The van der Waals surface area contributed by atoms with Gasteiger partial charge >= 0.3 is 12.0 Å². The molecule has 8 nitrogen and oxygen atoms in total. The monoisotopic (exact) mass is 369 g/mol. The molecule has 9 heteroatoms. The summed E-state index contributed by atoms with van der Waals surface area (Å²) in [6.45, 7) is 3.18. The highest BCUT2D eigenvalue weighted by molar-refractivity contribution is 7.89. The predicted octanol–water partition coefficient (Wildman–Crippen LogP) is 1.70. The quantitative estimate of drug-likeness (QED) is 0.706. The van der Waals surface area contributed by atoms with E-state index < -0.39 is 22.0 Å². The lowest BCUT2D eigenvalue weighted by atomic mass is 10.0. The molecule has 0 spiro atoms. The van der Waals surface area contributed by atoms with Crippen molar-refractivity contribution in [3.63, 3.8) is 0 Å². The zero-order chi connectivity index (χ0) is 18.4. The molecule has 0 saturated carbocycles. The molecule has 2 rings (SSSR count). The van der Waals surface area contributed by atoms with E-state index in [-0.39, 0.29) is 17.9 Å². The van der Waals surface area contributed by atoms with Crippen LogP contribution >= 0.6 is 0 Å². The summed E-state index contributed by atoms with van der Waals surface area (Å²) < 4.78 is 26.7. The van der Waals surface area contributed by atoms with Crippen LogP contribution in [0.5, 0.6) is 0 Å². The van der Waals surface area contributed by atoms with Gasteiger partial charge < -0.3 is 15.7 Å². The smallest absolute Gasteiger partial charge is 0.319 e. The van der Waals surface area contributed by atoms with Gasteiger partial charge in [-0.15, -0.1) is 0 Å². The van der Waals surface area contributed by atoms with E-state index >= 15 is 0 Å². The van der Waals surface area contributed by atoms with E-state index in [1.165, 1.54) is 28.6 Å². The molecule has 0 radical (unpaired) electrons. The number of carbonyl (C=O) groups excluding carboxylic acids is 1. The lowest BCUT2D eigenvalue weighted by molar-refractivity contribution is -0.136. The van der Waals surface area contributed by atoms with Gasteiger partial charge in [0.05, 0.1) is 11.3 Å². The van der Waals surface area contributed by atoms with E-state index in [4.69, 9.17) is 5.11 Å². The third kappa shape index (κ3) is 5.43. The van der Waals surface area contributed by atoms with Crippen molar-refractivity contribution in [2.75, 3.05) is 25.0 Å². The lowest BCUT2D eigenvalue weighted by Gasteiger charge is -2.29. The fourth-order valence-corrected chi connectivity index (χ4v) is 4.01. The highest BCUT2D eigenvalue weighted by Crippen LogP contribution is 2.24. The van der Waals surface area contributed by atoms with Crippen molar-refractivity contribution in [1.29, 1.82) is 0 Å². The fraction of sp³-hybridized carbons (Fsp3) is 0.500. The summed E-state index contributed by atoms with van der Waals surface area (Å²) in [6, 6.07) is 5.40. The van der Waals surface area contributed by atoms with Gasteiger partial charge in [-0.3, -0.25) is 4.79 Å². The van der Waals surface area contributed by atoms with Crippen molar-refractivity contribution in [3.05, 3.63) is 24.3 Å². The number of anilines is 1. The van der Waals surface area contributed by atoms with Gasteiger partial charge in [0.2, 0.25) is 10.0 Å². The molecule has 1 aliphatic heterocycles. The number of aliphatic carboxylic acids is 1. The van der Waals surface area contributed by atoms with Gasteiger partial charge in [0.25, 0.3) is 0 Å². The maximum atomic E-state index is 12.6. The summed E-state index contributed by atoms with van der Waals surface area (Å²) >= 11 is 0. The van der Waals surface area contributed by atoms with Crippen molar-refractivity contribution < 1.29 is 23.1 Å². The molecule has 0 unspecified atom stereocenters. The Labute approximate surface area is 147 Å². The average molecular weight is 369 g/mol. The SMILES string of the molecule is CC1CCN(S(=O)(=O)c2ccc(NC(=O)NCCC(=O)O)cc2)CC1. The Balaban J connectivity index is 1.94. The van der Waals surface area contributed by atoms with E-state index in [1.807, 2.05) is 0 Å². The molecular weight excluding hydrogens is 346 g/mol. The number of carboxylic acids is 1. The van der Waals surface area contributed by atoms with Gasteiger partial charge in [-0.05, 0) is 43.0 Å². The van der Waals surface area contributed by atoms with Crippen LogP contribution in [-0.4, -0.2) is 49.5 Å². The summed E-state index contributed by atoms with van der Waals surface area (Å²) in [5.41, 5.74) is 0.430. The molecular formula is C16H23N3O5S. The Bertz CT molecular complexity index is 710. The summed E-state index contributed by atoms with van der Waals surface area (Å²) in [7, 11) is -3.51. The van der Waals surface area contributed by atoms with Crippen molar-refractivity contribution in [2.45, 2.75) is 31.1 Å². The number of piperidine rings is 1. The molecule has 0 aromatic heterocycles. The van der Waals surface area contributed by atoms with Gasteiger partial charge in [0.15, 0.2) is 0 Å². The van der Waals surface area contributed by atoms with Crippen LogP contribution in [0.2, 0.25) is 0 Å². The molecule has 25 heavy (non-hydrogen) atoms. The maximum absolute atomic E-state index is 12.6. The third-order valence-corrected chi connectivity index (χ3v) is 6.03. The number of carboxylic acid groups (broad SMARTS) is 1. The Morgan fingerprint density at radius 2 is 1.80 bits per heavy atom. The van der Waals surface area contributed by atoms with E-state index in [2.05, 4.69) is 17.6 Å². The average Bonchev–Trinajstić information content (AvgIpc) is 2.55. The van der Waals surface area contributed by atoms with Crippen LogP contribution in [-0.2, 0) is 14.8 Å². The lowest BCUT2D eigenvalue weighted by Crippen LogP contribution is -2.37. The minimum Gasteiger partial charge on any atom is -0.481 e. The number of nitrogens with zero attached hydrogens (tertiary/aromatic N) is 1. The summed E-state index contributed by atoms with van der Waals surface area (Å²) in [5.74, 6) is -0.459. The number of amides is 2. The molecule has 1 aromatic rings. The standard InChI is InChI=1S/C16H23N3O5S/c1-12-7-10-19(11-8-12)25(23,24)14-4-2-13(3-5-14)18-16(22)17-9-6-15(20)21/h2-5,12H,6-11H2,1H3,(H,20,21)(H2,17,18,22). The van der Waals surface area contributed by atoms with Crippen LogP contribution in [0.1, 0.15) is 26.2 Å². The van der Waals surface area contributed by atoms with Gasteiger partial charge in [0, 0.05) is 25.3 Å². The zero-order valence-corrected chi connectivity index (χ0v) is 14.9. The Morgan fingerprint density at radius 1 is 1.20 bits per heavy atom. The molecule has 138 valence electrons. The second-order valence-electron chi connectivity index (χ2n) is 6.14. The highest BCUT2D eigenvalue weighted by Gasteiger charge is 2.27. The number of benzene rings is 1. The fourth-order valence-electron chi connectivity index (χ4n) is 2.54. The first-order valence-corrected chi connectivity index (χ1v) is 9.60. The number of urea groups is 1. The normalized spacial score (nSPS) is 16.4. The van der Waals surface area contributed by atoms with Crippen molar-refractivity contribution in [1.82, 2.24) is 9.62 Å². The maximum Gasteiger partial charge on any atom is 0.319 e. The second-order valence-corrected chi connectivity index (χ2v) is 8.07. The number of carbonyl (C=O) groups is 2. The van der Waals surface area contributed by atoms with Crippen molar-refractivity contribution in [2.24, 2.45) is 5.92 Å². The van der Waals surface area contributed by atoms with E-state index in [0.29, 0.717) is 24.7 Å². The number of hydrogen-bond donors (Lipinski definition) is 3. The molecule has 1 aromatic carbocycles. The van der Waals surface area contributed by atoms with Crippen molar-refractivity contribution in [3.8, 4) is 0 Å². The first kappa shape index (κ1) is 19.2. The number of rotatable bonds is 6. The summed E-state index contributed by atoms with van der Waals surface area (Å²) in [5, 5.41) is 13.4. The molecule has 1 saturated heterocycles. The molecule has 3 N–H and O–H groups in total. The predicted molar refractivity (Wildman–Crippen MR) is 92.9 cm³/mol. The molecule has 0 aliphatic carbocycles. The minimum atomic E-state index is -3.51. The molecule has 1 aliphatic rings. The van der Waals surface area contributed by atoms with Crippen LogP contribution in [0.15, 0.2) is 29.2 Å². The summed E-state index contributed by atoms with van der Waals surface area (Å²) in [6.07, 6.45) is 1.55. The van der Waals surface area contributed by atoms with Gasteiger partial charge in [-0.2, -0.15) is 4.31 Å². The van der Waals surface area contributed by atoms with E-state index in [9.17, 15) is 18.0 Å². The number of sulfonamides is 1. The Kier molecular flexibility index (Phi) is 6.38. The third-order valence-electron chi connectivity index (χ3n) is 4.12. The highest BCUT2D eigenvalue weighted by atomic mass is 32.2. The summed E-state index contributed by atoms with van der Waals surface area (Å²) in [4.78, 5) is 22.2. The van der Waals surface area contributed by atoms with Crippen LogP contribution < -0.4 is 10.6 Å². The first-order chi connectivity index (χ1) is 11.8. The van der Waals surface area contributed by atoms with E-state index in [1.54, 1.807) is 0 Å². The van der Waals surface area contributed by atoms with Crippen LogP contribution in [0.25, 0.3) is 0 Å². The Morgan fingerprint density at radius 3 is 2.36 bits per heavy atom. The largest absolute Gasteiger partial charge is 0.481 e. The van der Waals surface area contributed by atoms with Crippen molar-refractivity contribution >= 4 is 27.7 Å². The van der Waals surface area contributed by atoms with Gasteiger partial charge in [-0.1, -0.05) is 6.92 Å².